The van der Waals surface area contributed by atoms with Gasteiger partial charge in [-0.3, -0.25) is 4.98 Å². The van der Waals surface area contributed by atoms with Crippen molar-refractivity contribution in [1.82, 2.24) is 20.3 Å². The SMILES string of the molecule is CCC1=CS/C(=C(/C#N)c2ccnc(NCCc3cccnc3)n2)N1. The number of aromatic nitrogens is 3. The van der Waals surface area contributed by atoms with E-state index in [1.807, 2.05) is 23.7 Å². The van der Waals surface area contributed by atoms with Crippen molar-refractivity contribution < 1.29 is 0 Å². The first-order valence-corrected chi connectivity index (χ1v) is 8.91. The molecule has 3 heterocycles. The molecule has 0 saturated carbocycles. The number of hydrogen-bond acceptors (Lipinski definition) is 7. The van der Waals surface area contributed by atoms with Crippen molar-refractivity contribution in [3.8, 4) is 6.07 Å². The lowest BCUT2D eigenvalue weighted by Crippen LogP contribution is -2.10. The quantitative estimate of drug-likeness (QED) is 0.773. The molecule has 126 valence electrons. The molecule has 0 aliphatic carbocycles. The Morgan fingerprint density at radius 1 is 1.36 bits per heavy atom. The molecule has 2 aromatic heterocycles. The molecule has 25 heavy (non-hydrogen) atoms. The minimum absolute atomic E-state index is 0.515. The minimum Gasteiger partial charge on any atom is -0.354 e. The first-order valence-electron chi connectivity index (χ1n) is 8.03. The summed E-state index contributed by atoms with van der Waals surface area (Å²) in [6.07, 6.45) is 7.00. The summed E-state index contributed by atoms with van der Waals surface area (Å²) in [5.74, 6) is 0.515. The number of nitrogens with one attached hydrogen (secondary N) is 2. The van der Waals surface area contributed by atoms with Crippen LogP contribution in [0.3, 0.4) is 0 Å². The van der Waals surface area contributed by atoms with E-state index in [-0.39, 0.29) is 0 Å². The fourth-order valence-corrected chi connectivity index (χ4v) is 3.24. The van der Waals surface area contributed by atoms with E-state index in [2.05, 4.69) is 38.6 Å². The molecular formula is C18H18N6S. The largest absolute Gasteiger partial charge is 0.354 e. The zero-order valence-electron chi connectivity index (χ0n) is 13.9. The van der Waals surface area contributed by atoms with E-state index >= 15 is 0 Å². The molecule has 3 rings (SSSR count). The smallest absolute Gasteiger partial charge is 0.223 e. The molecule has 0 aromatic carbocycles. The van der Waals surface area contributed by atoms with Gasteiger partial charge in [0.15, 0.2) is 0 Å². The van der Waals surface area contributed by atoms with Gasteiger partial charge in [0, 0.05) is 30.8 Å². The van der Waals surface area contributed by atoms with Gasteiger partial charge in [-0.1, -0.05) is 24.8 Å². The van der Waals surface area contributed by atoms with Crippen LogP contribution in [0.15, 0.2) is 52.9 Å². The maximum atomic E-state index is 9.54. The lowest BCUT2D eigenvalue weighted by Gasteiger charge is -2.08. The third kappa shape index (κ3) is 4.37. The Labute approximate surface area is 151 Å². The number of pyridine rings is 1. The number of nitrogens with zero attached hydrogens (tertiary/aromatic N) is 4. The van der Waals surface area contributed by atoms with Gasteiger partial charge in [0.1, 0.15) is 11.6 Å². The van der Waals surface area contributed by atoms with Crippen molar-refractivity contribution in [3.63, 3.8) is 0 Å². The van der Waals surface area contributed by atoms with Crippen LogP contribution < -0.4 is 10.6 Å². The Hall–Kier alpha value is -2.85. The van der Waals surface area contributed by atoms with E-state index in [4.69, 9.17) is 0 Å². The molecule has 7 heteroatoms. The molecule has 0 amide bonds. The van der Waals surface area contributed by atoms with Gasteiger partial charge in [-0.25, -0.2) is 9.97 Å². The van der Waals surface area contributed by atoms with E-state index in [9.17, 15) is 5.26 Å². The topological polar surface area (TPSA) is 86.5 Å². The lowest BCUT2D eigenvalue weighted by atomic mass is 10.2. The standard InChI is InChI=1S/C18H18N6S/c1-2-14-12-25-17(23-14)15(10-19)16-6-9-22-18(24-16)21-8-5-13-4-3-7-20-11-13/h3-4,6-7,9,11-12,23H,2,5,8H2,1H3,(H,21,22,24)/b17-15-. The normalized spacial score (nSPS) is 15.1. The number of hydrogen-bond donors (Lipinski definition) is 2. The molecule has 0 atom stereocenters. The molecule has 0 unspecified atom stereocenters. The van der Waals surface area contributed by atoms with Crippen LogP contribution in [-0.4, -0.2) is 21.5 Å². The van der Waals surface area contributed by atoms with Gasteiger partial charge in [0.05, 0.1) is 10.7 Å². The van der Waals surface area contributed by atoms with Gasteiger partial charge in [-0.05, 0) is 35.9 Å². The molecule has 0 radical (unpaired) electrons. The van der Waals surface area contributed by atoms with E-state index in [0.29, 0.717) is 23.8 Å². The number of allylic oxidation sites excluding steroid dienone is 2. The Morgan fingerprint density at radius 2 is 2.28 bits per heavy atom. The van der Waals surface area contributed by atoms with Crippen LogP contribution in [0, 0.1) is 11.3 Å². The molecule has 0 bridgehead atoms. The Bertz CT molecular complexity index is 838. The van der Waals surface area contributed by atoms with Crippen LogP contribution in [0.5, 0.6) is 0 Å². The molecule has 0 spiro atoms. The number of thioether (sulfide) groups is 1. The average molecular weight is 350 g/mol. The maximum absolute atomic E-state index is 9.54. The van der Waals surface area contributed by atoms with Crippen LogP contribution in [0.1, 0.15) is 24.6 Å². The lowest BCUT2D eigenvalue weighted by molar-refractivity contribution is 0.949. The summed E-state index contributed by atoms with van der Waals surface area (Å²) in [4.78, 5) is 12.8. The highest BCUT2D eigenvalue weighted by Crippen LogP contribution is 2.31. The summed E-state index contributed by atoms with van der Waals surface area (Å²) >= 11 is 1.52. The molecule has 1 aliphatic rings. The predicted octanol–water partition coefficient (Wildman–Crippen LogP) is 3.31. The first kappa shape index (κ1) is 17.0. The van der Waals surface area contributed by atoms with Crippen molar-refractivity contribution in [2.45, 2.75) is 19.8 Å². The van der Waals surface area contributed by atoms with Gasteiger partial charge in [0.25, 0.3) is 0 Å². The summed E-state index contributed by atoms with van der Waals surface area (Å²) < 4.78 is 0. The van der Waals surface area contributed by atoms with Crippen LogP contribution in [0.4, 0.5) is 5.95 Å². The molecule has 0 saturated heterocycles. The van der Waals surface area contributed by atoms with E-state index in [1.165, 1.54) is 11.8 Å². The maximum Gasteiger partial charge on any atom is 0.223 e. The molecule has 2 N–H and O–H groups in total. The monoisotopic (exact) mass is 350 g/mol. The summed E-state index contributed by atoms with van der Waals surface area (Å²) in [5, 5.41) is 18.9. The zero-order chi connectivity index (χ0) is 17.5. The van der Waals surface area contributed by atoms with E-state index in [0.717, 1.165) is 29.1 Å². The van der Waals surface area contributed by atoms with Crippen LogP contribution in [-0.2, 0) is 6.42 Å². The molecule has 2 aromatic rings. The van der Waals surface area contributed by atoms with Gasteiger partial charge in [-0.15, -0.1) is 0 Å². The second-order valence-electron chi connectivity index (χ2n) is 5.36. The van der Waals surface area contributed by atoms with Crippen molar-refractivity contribution in [2.75, 3.05) is 11.9 Å². The Kier molecular flexibility index (Phi) is 5.65. The number of nitriles is 1. The summed E-state index contributed by atoms with van der Waals surface area (Å²) in [7, 11) is 0. The van der Waals surface area contributed by atoms with Crippen molar-refractivity contribution in [1.29, 1.82) is 5.26 Å². The number of rotatable bonds is 6. The zero-order valence-corrected chi connectivity index (χ0v) is 14.7. The van der Waals surface area contributed by atoms with Gasteiger partial charge < -0.3 is 10.6 Å². The fourth-order valence-electron chi connectivity index (χ4n) is 2.30. The minimum atomic E-state index is 0.515. The summed E-state index contributed by atoms with van der Waals surface area (Å²) in [6, 6.07) is 7.96. The summed E-state index contributed by atoms with van der Waals surface area (Å²) in [6.45, 7) is 2.77. The van der Waals surface area contributed by atoms with Crippen LogP contribution in [0.25, 0.3) is 5.57 Å². The van der Waals surface area contributed by atoms with Crippen LogP contribution in [0.2, 0.25) is 0 Å². The molecule has 1 aliphatic heterocycles. The van der Waals surface area contributed by atoms with Gasteiger partial charge in [0.2, 0.25) is 5.95 Å². The predicted molar refractivity (Wildman–Crippen MR) is 100 cm³/mol. The van der Waals surface area contributed by atoms with E-state index < -0.39 is 0 Å². The second-order valence-corrected chi connectivity index (χ2v) is 6.24. The van der Waals surface area contributed by atoms with Gasteiger partial charge in [-0.2, -0.15) is 5.26 Å². The molecule has 0 fully saturated rings. The van der Waals surface area contributed by atoms with Crippen molar-refractivity contribution in [3.05, 3.63) is 64.2 Å². The third-order valence-corrected chi connectivity index (χ3v) is 4.59. The summed E-state index contributed by atoms with van der Waals surface area (Å²) in [5.41, 5.74) is 3.40. The Morgan fingerprint density at radius 3 is 3.00 bits per heavy atom. The highest BCUT2D eigenvalue weighted by Gasteiger charge is 2.16. The molecular weight excluding hydrogens is 332 g/mol. The second kappa shape index (κ2) is 8.31. The van der Waals surface area contributed by atoms with Gasteiger partial charge >= 0.3 is 0 Å². The van der Waals surface area contributed by atoms with Crippen molar-refractivity contribution in [2.24, 2.45) is 0 Å². The fraction of sp³-hybridized carbons (Fsp3) is 0.222. The van der Waals surface area contributed by atoms with Crippen LogP contribution >= 0.6 is 11.8 Å². The Balaban J connectivity index is 1.69. The highest BCUT2D eigenvalue weighted by molar-refractivity contribution is 8.06. The first-order chi connectivity index (χ1) is 12.3. The molecule has 6 nitrogen and oxygen atoms in total. The van der Waals surface area contributed by atoms with Crippen molar-refractivity contribution >= 4 is 23.3 Å². The average Bonchev–Trinajstić information content (AvgIpc) is 3.13. The highest BCUT2D eigenvalue weighted by atomic mass is 32.2. The third-order valence-electron chi connectivity index (χ3n) is 3.64. The number of anilines is 1. The van der Waals surface area contributed by atoms with E-state index in [1.54, 1.807) is 18.5 Å².